The minimum Gasteiger partial charge on any atom is -0.494 e. The van der Waals surface area contributed by atoms with Crippen molar-refractivity contribution in [3.63, 3.8) is 0 Å². The first kappa shape index (κ1) is 19.1. The molecule has 0 radical (unpaired) electrons. The fourth-order valence-corrected chi connectivity index (χ4v) is 2.51. The summed E-state index contributed by atoms with van der Waals surface area (Å²) in [5, 5.41) is 3.09. The number of amides is 2. The molecule has 0 aliphatic carbocycles. The fraction of sp³-hybridized carbons (Fsp3) is 0.316. The lowest BCUT2D eigenvalue weighted by Gasteiger charge is -2.19. The minimum atomic E-state index is -0.418. The van der Waals surface area contributed by atoms with E-state index >= 15 is 0 Å². The van der Waals surface area contributed by atoms with Gasteiger partial charge in [0.1, 0.15) is 11.6 Å². The van der Waals surface area contributed by atoms with Gasteiger partial charge in [-0.1, -0.05) is 29.8 Å². The number of hydrogen-bond acceptors (Lipinski definition) is 2. The van der Waals surface area contributed by atoms with Crippen molar-refractivity contribution in [2.24, 2.45) is 0 Å². The van der Waals surface area contributed by atoms with Crippen LogP contribution in [-0.2, 0) is 6.54 Å². The zero-order chi connectivity index (χ0) is 18.2. The highest BCUT2D eigenvalue weighted by atomic mass is 35.5. The molecular formula is C19H22ClFN2O2. The highest BCUT2D eigenvalue weighted by Gasteiger charge is 2.13. The lowest BCUT2D eigenvalue weighted by molar-refractivity contribution is 0.205. The molecule has 134 valence electrons. The van der Waals surface area contributed by atoms with Gasteiger partial charge in [-0.25, -0.2) is 9.18 Å². The van der Waals surface area contributed by atoms with Crippen molar-refractivity contribution in [1.29, 1.82) is 0 Å². The van der Waals surface area contributed by atoms with Gasteiger partial charge in [0.15, 0.2) is 0 Å². The topological polar surface area (TPSA) is 41.6 Å². The normalized spacial score (nSPS) is 10.4. The summed E-state index contributed by atoms with van der Waals surface area (Å²) in [6.45, 7) is 3.09. The Morgan fingerprint density at radius 1 is 1.28 bits per heavy atom. The summed E-state index contributed by atoms with van der Waals surface area (Å²) in [7, 11) is 1.60. The molecule has 4 nitrogen and oxygen atoms in total. The van der Waals surface area contributed by atoms with Crippen molar-refractivity contribution in [3.05, 3.63) is 64.4 Å². The number of carbonyl (C=O) groups excluding carboxylic acids is 1. The van der Waals surface area contributed by atoms with Crippen LogP contribution in [0.1, 0.15) is 17.5 Å². The lowest BCUT2D eigenvalue weighted by Crippen LogP contribution is -2.37. The van der Waals surface area contributed by atoms with E-state index in [-0.39, 0.29) is 12.6 Å². The SMILES string of the molecule is Cc1cccc(OCCCNC(=O)N(C)Cc2c(F)cccc2Cl)c1. The van der Waals surface area contributed by atoms with Gasteiger partial charge in [-0.2, -0.15) is 0 Å². The molecule has 0 heterocycles. The molecule has 2 aromatic rings. The predicted octanol–water partition coefficient (Wildman–Crippen LogP) is 4.40. The Kier molecular flexibility index (Phi) is 7.07. The molecule has 0 unspecified atom stereocenters. The summed E-state index contributed by atoms with van der Waals surface area (Å²) in [5.74, 6) is 0.399. The number of nitrogens with one attached hydrogen (secondary N) is 1. The molecule has 0 saturated carbocycles. The second kappa shape index (κ2) is 9.28. The van der Waals surface area contributed by atoms with Gasteiger partial charge >= 0.3 is 6.03 Å². The maximum absolute atomic E-state index is 13.8. The summed E-state index contributed by atoms with van der Waals surface area (Å²) in [6, 6.07) is 12.0. The van der Waals surface area contributed by atoms with Crippen LogP contribution >= 0.6 is 11.6 Å². The van der Waals surface area contributed by atoms with Crippen LogP contribution in [0.25, 0.3) is 0 Å². The Hall–Kier alpha value is -2.27. The highest BCUT2D eigenvalue weighted by molar-refractivity contribution is 6.31. The summed E-state index contributed by atoms with van der Waals surface area (Å²) in [4.78, 5) is 13.5. The third-order valence-corrected chi connectivity index (χ3v) is 4.01. The summed E-state index contributed by atoms with van der Waals surface area (Å²) in [5.41, 5.74) is 1.45. The number of urea groups is 1. The molecule has 0 bridgehead atoms. The number of ether oxygens (including phenoxy) is 1. The van der Waals surface area contributed by atoms with Crippen molar-refractivity contribution in [3.8, 4) is 5.75 Å². The minimum absolute atomic E-state index is 0.108. The standard InChI is InChI=1S/C19H22ClFN2O2/c1-14-6-3-7-15(12-14)25-11-5-10-22-19(24)23(2)13-16-17(20)8-4-9-18(16)21/h3-4,6-9,12H,5,10-11,13H2,1-2H3,(H,22,24). The fourth-order valence-electron chi connectivity index (χ4n) is 2.29. The lowest BCUT2D eigenvalue weighted by atomic mass is 10.2. The Balaban J connectivity index is 1.71. The molecule has 0 aliphatic rings. The number of nitrogens with zero attached hydrogens (tertiary/aromatic N) is 1. The van der Waals surface area contributed by atoms with Gasteiger partial charge in [-0.3, -0.25) is 0 Å². The maximum Gasteiger partial charge on any atom is 0.317 e. The van der Waals surface area contributed by atoms with Crippen LogP contribution < -0.4 is 10.1 Å². The van der Waals surface area contributed by atoms with Crippen molar-refractivity contribution >= 4 is 17.6 Å². The molecule has 2 rings (SSSR count). The maximum atomic E-state index is 13.8. The van der Waals surface area contributed by atoms with Gasteiger partial charge in [-0.15, -0.1) is 0 Å². The Morgan fingerprint density at radius 3 is 2.76 bits per heavy atom. The van der Waals surface area contributed by atoms with Gasteiger partial charge in [0.2, 0.25) is 0 Å². The zero-order valence-corrected chi connectivity index (χ0v) is 15.1. The smallest absolute Gasteiger partial charge is 0.317 e. The van der Waals surface area contributed by atoms with Crippen molar-refractivity contribution in [2.45, 2.75) is 19.9 Å². The van der Waals surface area contributed by atoms with Crippen LogP contribution in [0.5, 0.6) is 5.75 Å². The van der Waals surface area contributed by atoms with Crippen molar-refractivity contribution in [2.75, 3.05) is 20.2 Å². The van der Waals surface area contributed by atoms with Crippen LogP contribution in [0.4, 0.5) is 9.18 Å². The first-order valence-corrected chi connectivity index (χ1v) is 8.46. The van der Waals surface area contributed by atoms with Crippen molar-refractivity contribution < 1.29 is 13.9 Å². The average Bonchev–Trinajstić information content (AvgIpc) is 2.57. The Morgan fingerprint density at radius 2 is 2.04 bits per heavy atom. The molecule has 25 heavy (non-hydrogen) atoms. The van der Waals surface area contributed by atoms with E-state index in [9.17, 15) is 9.18 Å². The van der Waals surface area contributed by atoms with Crippen molar-refractivity contribution in [1.82, 2.24) is 10.2 Å². The highest BCUT2D eigenvalue weighted by Crippen LogP contribution is 2.20. The molecule has 0 fully saturated rings. The third-order valence-electron chi connectivity index (χ3n) is 3.66. The van der Waals surface area contributed by atoms with E-state index in [0.29, 0.717) is 30.2 Å². The third kappa shape index (κ3) is 5.94. The van der Waals surface area contributed by atoms with Gasteiger partial charge in [0.25, 0.3) is 0 Å². The monoisotopic (exact) mass is 364 g/mol. The van der Waals surface area contributed by atoms with Crippen LogP contribution in [0, 0.1) is 12.7 Å². The van der Waals surface area contributed by atoms with Gasteiger partial charge in [0, 0.05) is 24.2 Å². The molecule has 0 atom stereocenters. The van der Waals surface area contributed by atoms with E-state index in [1.54, 1.807) is 13.1 Å². The number of rotatable bonds is 7. The number of hydrogen-bond donors (Lipinski definition) is 1. The van der Waals surface area contributed by atoms with E-state index in [1.165, 1.54) is 17.0 Å². The van der Waals surface area contributed by atoms with Gasteiger partial charge < -0.3 is 15.0 Å². The molecule has 0 spiro atoms. The first-order chi connectivity index (χ1) is 12.0. The van der Waals surface area contributed by atoms with Crippen LogP contribution in [0.2, 0.25) is 5.02 Å². The van der Waals surface area contributed by atoms with E-state index < -0.39 is 5.82 Å². The molecule has 0 saturated heterocycles. The van der Waals surface area contributed by atoms with Crippen LogP contribution in [0.15, 0.2) is 42.5 Å². The second-order valence-electron chi connectivity index (χ2n) is 5.81. The Bertz CT molecular complexity index is 704. The van der Waals surface area contributed by atoms with Crippen LogP contribution in [0.3, 0.4) is 0 Å². The zero-order valence-electron chi connectivity index (χ0n) is 14.4. The van der Waals surface area contributed by atoms with Crippen LogP contribution in [-0.4, -0.2) is 31.1 Å². The van der Waals surface area contributed by atoms with Gasteiger partial charge in [0.05, 0.1) is 13.2 Å². The molecule has 0 aromatic heterocycles. The average molecular weight is 365 g/mol. The van der Waals surface area contributed by atoms with E-state index in [0.717, 1.165) is 11.3 Å². The summed E-state index contributed by atoms with van der Waals surface area (Å²) >= 11 is 5.98. The second-order valence-corrected chi connectivity index (χ2v) is 6.21. The summed E-state index contributed by atoms with van der Waals surface area (Å²) in [6.07, 6.45) is 0.675. The van der Waals surface area contributed by atoms with Gasteiger partial charge in [-0.05, 0) is 43.2 Å². The van der Waals surface area contributed by atoms with E-state index in [2.05, 4.69) is 5.32 Å². The summed E-state index contributed by atoms with van der Waals surface area (Å²) < 4.78 is 19.4. The quantitative estimate of drug-likeness (QED) is 0.740. The van der Waals surface area contributed by atoms with E-state index in [1.807, 2.05) is 31.2 Å². The molecule has 2 aromatic carbocycles. The predicted molar refractivity (Wildman–Crippen MR) is 97.6 cm³/mol. The number of benzene rings is 2. The number of aryl methyl sites for hydroxylation is 1. The molecule has 6 heteroatoms. The van der Waals surface area contributed by atoms with E-state index in [4.69, 9.17) is 16.3 Å². The first-order valence-electron chi connectivity index (χ1n) is 8.08. The molecular weight excluding hydrogens is 343 g/mol. The largest absolute Gasteiger partial charge is 0.494 e. The Labute approximate surface area is 152 Å². The molecule has 1 N–H and O–H groups in total. The molecule has 0 aliphatic heterocycles. The molecule has 2 amide bonds. The number of carbonyl (C=O) groups is 1. The number of halogens is 2.